The van der Waals surface area contributed by atoms with Crippen molar-refractivity contribution >= 4 is 0 Å². The van der Waals surface area contributed by atoms with Crippen LogP contribution in [0.5, 0.6) is 5.75 Å². The van der Waals surface area contributed by atoms with Crippen molar-refractivity contribution in [3.05, 3.63) is 12.4 Å². The van der Waals surface area contributed by atoms with Crippen LogP contribution in [0.1, 0.15) is 26.3 Å². The minimum Gasteiger partial charge on any atom is -0.484 e. The molecule has 108 valence electrons. The van der Waals surface area contributed by atoms with E-state index in [9.17, 15) is 0 Å². The maximum atomic E-state index is 5.94. The molecule has 0 saturated heterocycles. The molecule has 1 fully saturated rings. The minimum atomic E-state index is -0.0578. The first-order chi connectivity index (χ1) is 9.11. The Morgan fingerprint density at radius 2 is 2.26 bits per heavy atom. The smallest absolute Gasteiger partial charge is 0.157 e. The third-order valence-corrected chi connectivity index (χ3v) is 3.29. The Morgan fingerprint density at radius 3 is 2.84 bits per heavy atom. The van der Waals surface area contributed by atoms with Gasteiger partial charge in [0.05, 0.1) is 25.6 Å². The first kappa shape index (κ1) is 14.3. The molecule has 6 nitrogen and oxygen atoms in total. The topological polar surface area (TPSA) is 71.5 Å². The largest absolute Gasteiger partial charge is 0.484 e. The van der Waals surface area contributed by atoms with Crippen LogP contribution in [0.2, 0.25) is 0 Å². The van der Waals surface area contributed by atoms with Gasteiger partial charge in [-0.1, -0.05) is 0 Å². The molecule has 0 radical (unpaired) electrons. The molecule has 3 atom stereocenters. The van der Waals surface area contributed by atoms with E-state index in [-0.39, 0.29) is 18.2 Å². The highest BCUT2D eigenvalue weighted by atomic mass is 16.6. The Bertz CT molecular complexity index is 394. The van der Waals surface area contributed by atoms with Crippen molar-refractivity contribution in [3.63, 3.8) is 0 Å². The Labute approximate surface area is 113 Å². The van der Waals surface area contributed by atoms with Gasteiger partial charge in [0.25, 0.3) is 0 Å². The van der Waals surface area contributed by atoms with Crippen LogP contribution in [0, 0.1) is 0 Å². The SMILES string of the molecule is COCCOC1C(N)CC1Oc1cnn(C(C)C)c1. The molecule has 2 N–H and O–H groups in total. The Balaban J connectivity index is 1.84. The van der Waals surface area contributed by atoms with E-state index < -0.39 is 0 Å². The van der Waals surface area contributed by atoms with E-state index >= 15 is 0 Å². The monoisotopic (exact) mass is 269 g/mol. The van der Waals surface area contributed by atoms with Gasteiger partial charge in [-0.15, -0.1) is 0 Å². The number of aromatic nitrogens is 2. The number of hydrogen-bond acceptors (Lipinski definition) is 5. The molecular weight excluding hydrogens is 246 g/mol. The summed E-state index contributed by atoms with van der Waals surface area (Å²) in [6, 6.07) is 0.372. The molecule has 3 unspecified atom stereocenters. The van der Waals surface area contributed by atoms with Crippen LogP contribution in [0.15, 0.2) is 12.4 Å². The first-order valence-corrected chi connectivity index (χ1v) is 6.68. The molecule has 0 aromatic carbocycles. The lowest BCUT2D eigenvalue weighted by Crippen LogP contribution is -2.59. The third-order valence-electron chi connectivity index (χ3n) is 3.29. The van der Waals surface area contributed by atoms with Gasteiger partial charge in [0, 0.05) is 25.6 Å². The van der Waals surface area contributed by atoms with Gasteiger partial charge in [0.15, 0.2) is 5.75 Å². The van der Waals surface area contributed by atoms with Crippen LogP contribution >= 0.6 is 0 Å². The van der Waals surface area contributed by atoms with Crippen molar-refractivity contribution < 1.29 is 14.2 Å². The fraction of sp³-hybridized carbons (Fsp3) is 0.769. The predicted octanol–water partition coefficient (Wildman–Crippen LogP) is 0.974. The van der Waals surface area contributed by atoms with Crippen LogP contribution in [0.4, 0.5) is 0 Å². The molecule has 2 rings (SSSR count). The summed E-state index contributed by atoms with van der Waals surface area (Å²) in [6.07, 6.45) is 4.40. The van der Waals surface area contributed by atoms with Gasteiger partial charge in [-0.05, 0) is 13.8 Å². The summed E-state index contributed by atoms with van der Waals surface area (Å²) in [4.78, 5) is 0. The predicted molar refractivity (Wildman–Crippen MR) is 71.2 cm³/mol. The van der Waals surface area contributed by atoms with Crippen LogP contribution in [0.3, 0.4) is 0 Å². The van der Waals surface area contributed by atoms with E-state index in [1.54, 1.807) is 13.3 Å². The van der Waals surface area contributed by atoms with Gasteiger partial charge in [-0.25, -0.2) is 0 Å². The zero-order valence-electron chi connectivity index (χ0n) is 11.8. The van der Waals surface area contributed by atoms with Gasteiger partial charge in [0.1, 0.15) is 12.2 Å². The second kappa shape index (κ2) is 6.36. The molecule has 1 heterocycles. The maximum absolute atomic E-state index is 5.94. The van der Waals surface area contributed by atoms with Crippen molar-refractivity contribution in [2.24, 2.45) is 5.73 Å². The standard InChI is InChI=1S/C13H23N3O3/c1-9(2)16-8-10(7-15-16)19-12-6-11(14)13(12)18-5-4-17-3/h7-9,11-13H,4-6,14H2,1-3H3. The van der Waals surface area contributed by atoms with Crippen LogP contribution < -0.4 is 10.5 Å². The third kappa shape index (κ3) is 3.46. The molecule has 0 amide bonds. The first-order valence-electron chi connectivity index (χ1n) is 6.68. The van der Waals surface area contributed by atoms with Crippen LogP contribution in [-0.2, 0) is 9.47 Å². The summed E-state index contributed by atoms with van der Waals surface area (Å²) in [5.74, 6) is 0.769. The second-order valence-electron chi connectivity index (χ2n) is 5.13. The summed E-state index contributed by atoms with van der Waals surface area (Å²) in [7, 11) is 1.65. The van der Waals surface area contributed by atoms with E-state index in [2.05, 4.69) is 18.9 Å². The average molecular weight is 269 g/mol. The number of rotatable bonds is 7. The molecule has 1 aliphatic carbocycles. The van der Waals surface area contributed by atoms with Crippen LogP contribution in [0.25, 0.3) is 0 Å². The van der Waals surface area contributed by atoms with E-state index in [1.807, 2.05) is 10.9 Å². The fourth-order valence-corrected chi connectivity index (χ4v) is 2.07. The number of hydrogen-bond donors (Lipinski definition) is 1. The van der Waals surface area contributed by atoms with E-state index in [0.717, 1.165) is 12.2 Å². The van der Waals surface area contributed by atoms with Crippen LogP contribution in [-0.4, -0.2) is 48.4 Å². The quantitative estimate of drug-likeness (QED) is 0.747. The number of nitrogens with zero attached hydrogens (tertiary/aromatic N) is 2. The highest BCUT2D eigenvalue weighted by molar-refractivity contribution is 5.14. The van der Waals surface area contributed by atoms with Gasteiger partial charge in [-0.2, -0.15) is 5.10 Å². The lowest BCUT2D eigenvalue weighted by Gasteiger charge is -2.41. The lowest BCUT2D eigenvalue weighted by molar-refractivity contribution is -0.107. The van der Waals surface area contributed by atoms with Crippen molar-refractivity contribution in [2.75, 3.05) is 20.3 Å². The molecule has 1 aliphatic rings. The Hall–Kier alpha value is -1.11. The zero-order chi connectivity index (χ0) is 13.8. The van der Waals surface area contributed by atoms with Gasteiger partial charge >= 0.3 is 0 Å². The van der Waals surface area contributed by atoms with Crippen molar-refractivity contribution in [2.45, 2.75) is 44.6 Å². The molecule has 1 aromatic heterocycles. The minimum absolute atomic E-state index is 0.0108. The van der Waals surface area contributed by atoms with Gasteiger partial charge in [0.2, 0.25) is 0 Å². The second-order valence-corrected chi connectivity index (χ2v) is 5.13. The highest BCUT2D eigenvalue weighted by Crippen LogP contribution is 2.27. The number of ether oxygens (including phenoxy) is 3. The molecule has 1 saturated carbocycles. The molecule has 1 aromatic rings. The molecule has 0 bridgehead atoms. The van der Waals surface area contributed by atoms with Gasteiger partial charge in [-0.3, -0.25) is 4.68 Å². The Morgan fingerprint density at radius 1 is 1.47 bits per heavy atom. The van der Waals surface area contributed by atoms with Crippen molar-refractivity contribution in [3.8, 4) is 5.75 Å². The summed E-state index contributed by atoms with van der Waals surface area (Å²) < 4.78 is 18.4. The highest BCUT2D eigenvalue weighted by Gasteiger charge is 2.41. The maximum Gasteiger partial charge on any atom is 0.157 e. The normalized spacial score (nSPS) is 26.5. The molecule has 6 heteroatoms. The Kier molecular flexibility index (Phi) is 4.79. The summed E-state index contributed by atoms with van der Waals surface area (Å²) in [5, 5.41) is 4.25. The van der Waals surface area contributed by atoms with Crippen molar-refractivity contribution in [1.29, 1.82) is 0 Å². The van der Waals surface area contributed by atoms with Crippen molar-refractivity contribution in [1.82, 2.24) is 9.78 Å². The average Bonchev–Trinajstić information content (AvgIpc) is 2.83. The molecular formula is C13H23N3O3. The summed E-state index contributed by atoms with van der Waals surface area (Å²) in [6.45, 7) is 5.26. The summed E-state index contributed by atoms with van der Waals surface area (Å²) >= 11 is 0. The van der Waals surface area contributed by atoms with E-state index in [1.165, 1.54) is 0 Å². The van der Waals surface area contributed by atoms with E-state index in [0.29, 0.717) is 19.3 Å². The number of methoxy groups -OCH3 is 1. The lowest BCUT2D eigenvalue weighted by atomic mass is 9.86. The zero-order valence-corrected chi connectivity index (χ0v) is 11.8. The van der Waals surface area contributed by atoms with Gasteiger partial charge < -0.3 is 19.9 Å². The molecule has 19 heavy (non-hydrogen) atoms. The summed E-state index contributed by atoms with van der Waals surface area (Å²) in [5.41, 5.74) is 5.94. The molecule has 0 aliphatic heterocycles. The molecule has 0 spiro atoms. The van der Waals surface area contributed by atoms with E-state index in [4.69, 9.17) is 19.9 Å². The fourth-order valence-electron chi connectivity index (χ4n) is 2.07. The number of nitrogens with two attached hydrogens (primary N) is 1.